The molecule has 106 valence electrons. The van der Waals surface area contributed by atoms with E-state index in [9.17, 15) is 4.79 Å². The zero-order chi connectivity index (χ0) is 14.7. The molecule has 0 saturated carbocycles. The first-order chi connectivity index (χ1) is 9.45. The average molecular weight is 313 g/mol. The summed E-state index contributed by atoms with van der Waals surface area (Å²) in [5.41, 5.74) is 1.58. The summed E-state index contributed by atoms with van der Waals surface area (Å²) >= 11 is 11.7. The lowest BCUT2D eigenvalue weighted by Crippen LogP contribution is -2.23. The molecular formula is C13H14Cl2N4O. The molecule has 1 heterocycles. The van der Waals surface area contributed by atoms with Crippen LogP contribution in [0.5, 0.6) is 0 Å². The molecule has 0 bridgehead atoms. The maximum Gasteiger partial charge on any atom is 0.244 e. The summed E-state index contributed by atoms with van der Waals surface area (Å²) in [7, 11) is 1.77. The number of hydrogen-bond acceptors (Lipinski definition) is 3. The fourth-order valence-corrected chi connectivity index (χ4v) is 2.00. The van der Waals surface area contributed by atoms with Crippen molar-refractivity contribution in [1.29, 1.82) is 0 Å². The van der Waals surface area contributed by atoms with Crippen LogP contribution in [0.25, 0.3) is 0 Å². The van der Waals surface area contributed by atoms with Crippen LogP contribution in [-0.4, -0.2) is 22.2 Å². The first-order valence-corrected chi connectivity index (χ1v) is 6.70. The number of rotatable bonds is 4. The van der Waals surface area contributed by atoms with E-state index in [0.29, 0.717) is 15.9 Å². The Bertz CT molecular complexity index is 639. The normalized spacial score (nSPS) is 10.4. The molecule has 1 aromatic heterocycles. The van der Waals surface area contributed by atoms with E-state index in [4.69, 9.17) is 23.2 Å². The fraction of sp³-hybridized carbons (Fsp3) is 0.231. The Morgan fingerprint density at radius 2 is 2.05 bits per heavy atom. The highest BCUT2D eigenvalue weighted by Crippen LogP contribution is 2.24. The van der Waals surface area contributed by atoms with E-state index in [1.54, 1.807) is 36.0 Å². The number of aryl methyl sites for hydroxylation is 2. The number of amides is 1. The lowest BCUT2D eigenvalue weighted by Gasteiger charge is -2.08. The van der Waals surface area contributed by atoms with Crippen LogP contribution in [0, 0.1) is 6.92 Å². The van der Waals surface area contributed by atoms with E-state index in [1.165, 1.54) is 0 Å². The van der Waals surface area contributed by atoms with E-state index in [2.05, 4.69) is 15.7 Å². The number of carbonyl (C=O) groups is 1. The van der Waals surface area contributed by atoms with Crippen molar-refractivity contribution in [3.05, 3.63) is 40.0 Å². The van der Waals surface area contributed by atoms with E-state index in [-0.39, 0.29) is 12.5 Å². The minimum Gasteiger partial charge on any atom is -0.376 e. The molecule has 0 aliphatic rings. The smallest absolute Gasteiger partial charge is 0.244 e. The van der Waals surface area contributed by atoms with Crippen LogP contribution in [0.2, 0.25) is 10.0 Å². The second kappa shape index (κ2) is 6.15. The second-order valence-corrected chi connectivity index (χ2v) is 5.14. The number of aromatic nitrogens is 2. The number of halogens is 2. The van der Waals surface area contributed by atoms with Gasteiger partial charge >= 0.3 is 0 Å². The van der Waals surface area contributed by atoms with Gasteiger partial charge in [0.05, 0.1) is 22.3 Å². The molecular weight excluding hydrogens is 299 g/mol. The van der Waals surface area contributed by atoms with Crippen molar-refractivity contribution in [1.82, 2.24) is 9.78 Å². The molecule has 5 nitrogen and oxygen atoms in total. The molecule has 20 heavy (non-hydrogen) atoms. The molecule has 0 fully saturated rings. The van der Waals surface area contributed by atoms with Crippen molar-refractivity contribution >= 4 is 40.6 Å². The van der Waals surface area contributed by atoms with Gasteiger partial charge in [0, 0.05) is 18.8 Å². The Balaban J connectivity index is 1.92. The number of benzene rings is 1. The van der Waals surface area contributed by atoms with Crippen LogP contribution in [-0.2, 0) is 11.8 Å². The van der Waals surface area contributed by atoms with Crippen LogP contribution in [0.4, 0.5) is 11.5 Å². The molecule has 0 saturated heterocycles. The van der Waals surface area contributed by atoms with Crippen LogP contribution in [0.15, 0.2) is 24.3 Å². The summed E-state index contributed by atoms with van der Waals surface area (Å²) in [5.74, 6) is 0.488. The molecule has 0 unspecified atom stereocenters. The van der Waals surface area contributed by atoms with E-state index < -0.39 is 0 Å². The summed E-state index contributed by atoms with van der Waals surface area (Å²) in [4.78, 5) is 11.8. The van der Waals surface area contributed by atoms with Gasteiger partial charge in [0.15, 0.2) is 0 Å². The maximum atomic E-state index is 11.8. The SMILES string of the molecule is Cc1cc(NC(=O)CNc2ccc(Cl)c(Cl)c2)n(C)n1. The van der Waals surface area contributed by atoms with Gasteiger partial charge in [-0.2, -0.15) is 5.10 Å². The lowest BCUT2D eigenvalue weighted by atomic mass is 10.3. The highest BCUT2D eigenvalue weighted by molar-refractivity contribution is 6.42. The van der Waals surface area contributed by atoms with Crippen molar-refractivity contribution in [2.45, 2.75) is 6.92 Å². The first-order valence-electron chi connectivity index (χ1n) is 5.95. The molecule has 2 N–H and O–H groups in total. The van der Waals surface area contributed by atoms with Gasteiger partial charge in [-0.1, -0.05) is 23.2 Å². The Morgan fingerprint density at radius 1 is 1.30 bits per heavy atom. The number of hydrogen-bond donors (Lipinski definition) is 2. The Hall–Kier alpha value is -1.72. The molecule has 0 radical (unpaired) electrons. The van der Waals surface area contributed by atoms with E-state index in [1.807, 2.05) is 6.92 Å². The van der Waals surface area contributed by atoms with Gasteiger partial charge in [0.1, 0.15) is 5.82 Å². The largest absolute Gasteiger partial charge is 0.376 e. The molecule has 2 aromatic rings. The molecule has 0 spiro atoms. The van der Waals surface area contributed by atoms with Gasteiger partial charge in [0.2, 0.25) is 5.91 Å². The Labute approximate surface area is 126 Å². The Kier molecular flexibility index (Phi) is 4.52. The number of anilines is 2. The van der Waals surface area contributed by atoms with E-state index >= 15 is 0 Å². The van der Waals surface area contributed by atoms with Crippen molar-refractivity contribution < 1.29 is 4.79 Å². The van der Waals surface area contributed by atoms with Crippen LogP contribution in [0.3, 0.4) is 0 Å². The summed E-state index contributed by atoms with van der Waals surface area (Å²) in [6.45, 7) is 1.99. The fourth-order valence-electron chi connectivity index (χ4n) is 1.70. The highest BCUT2D eigenvalue weighted by atomic mass is 35.5. The van der Waals surface area contributed by atoms with Crippen molar-refractivity contribution in [3.8, 4) is 0 Å². The molecule has 0 aliphatic heterocycles. The third kappa shape index (κ3) is 3.65. The molecule has 2 rings (SSSR count). The second-order valence-electron chi connectivity index (χ2n) is 4.33. The monoisotopic (exact) mass is 312 g/mol. The third-order valence-corrected chi connectivity index (χ3v) is 3.38. The van der Waals surface area contributed by atoms with Gasteiger partial charge in [-0.15, -0.1) is 0 Å². The molecule has 7 heteroatoms. The van der Waals surface area contributed by atoms with Gasteiger partial charge < -0.3 is 10.6 Å². The highest BCUT2D eigenvalue weighted by Gasteiger charge is 2.07. The zero-order valence-corrected chi connectivity index (χ0v) is 12.6. The zero-order valence-electron chi connectivity index (χ0n) is 11.1. The topological polar surface area (TPSA) is 59.0 Å². The van der Waals surface area contributed by atoms with E-state index in [0.717, 1.165) is 11.4 Å². The summed E-state index contributed by atoms with van der Waals surface area (Å²) in [6, 6.07) is 6.91. The summed E-state index contributed by atoms with van der Waals surface area (Å²) < 4.78 is 1.62. The van der Waals surface area contributed by atoms with Crippen molar-refractivity contribution in [2.75, 3.05) is 17.2 Å². The van der Waals surface area contributed by atoms with Gasteiger partial charge in [-0.05, 0) is 25.1 Å². The van der Waals surface area contributed by atoms with Crippen LogP contribution in [0.1, 0.15) is 5.69 Å². The minimum atomic E-state index is -0.168. The van der Waals surface area contributed by atoms with Gasteiger partial charge in [-0.3, -0.25) is 9.48 Å². The van der Waals surface area contributed by atoms with Crippen LogP contribution >= 0.6 is 23.2 Å². The van der Waals surface area contributed by atoms with Gasteiger partial charge in [0.25, 0.3) is 0 Å². The number of carbonyl (C=O) groups excluding carboxylic acids is 1. The summed E-state index contributed by atoms with van der Waals surface area (Å²) in [6.07, 6.45) is 0. The average Bonchev–Trinajstić information content (AvgIpc) is 2.69. The molecule has 1 aromatic carbocycles. The molecule has 0 atom stereocenters. The predicted octanol–water partition coefficient (Wildman–Crippen LogP) is 3.09. The standard InChI is InChI=1S/C13H14Cl2N4O/c1-8-5-12(19(2)18-8)17-13(20)7-16-9-3-4-10(14)11(15)6-9/h3-6,16H,7H2,1-2H3,(H,17,20). The third-order valence-electron chi connectivity index (χ3n) is 2.64. The quantitative estimate of drug-likeness (QED) is 0.912. The van der Waals surface area contributed by atoms with Crippen molar-refractivity contribution in [3.63, 3.8) is 0 Å². The maximum absolute atomic E-state index is 11.8. The number of nitrogens with one attached hydrogen (secondary N) is 2. The Morgan fingerprint density at radius 3 is 2.65 bits per heavy atom. The first kappa shape index (κ1) is 14.7. The molecule has 0 aliphatic carbocycles. The lowest BCUT2D eigenvalue weighted by molar-refractivity contribution is -0.114. The number of nitrogens with zero attached hydrogens (tertiary/aromatic N) is 2. The predicted molar refractivity (Wildman–Crippen MR) is 81.5 cm³/mol. The van der Waals surface area contributed by atoms with Gasteiger partial charge in [-0.25, -0.2) is 0 Å². The minimum absolute atomic E-state index is 0.127. The molecule has 1 amide bonds. The summed E-state index contributed by atoms with van der Waals surface area (Å²) in [5, 5.41) is 10.8. The van der Waals surface area contributed by atoms with Crippen molar-refractivity contribution in [2.24, 2.45) is 7.05 Å². The van der Waals surface area contributed by atoms with Crippen LogP contribution < -0.4 is 10.6 Å².